The maximum Gasteiger partial charge on any atom is 0.397 e. The van der Waals surface area contributed by atoms with Crippen molar-refractivity contribution in [3.8, 4) is 12.3 Å². The summed E-state index contributed by atoms with van der Waals surface area (Å²) in [6.07, 6.45) is -61.4. The molecule has 0 bridgehead atoms. The number of fused-ring (bicyclic) bond motifs is 5. The largest absolute Gasteiger partial charge is 0.397 e. The van der Waals surface area contributed by atoms with Crippen molar-refractivity contribution in [2.24, 2.45) is 46.3 Å². The number of carbonyl (C=O) groups excluding carboxylic acids is 1. The van der Waals surface area contributed by atoms with E-state index in [1.54, 1.807) is 0 Å². The van der Waals surface area contributed by atoms with E-state index < -0.39 is 296 Å². The zero-order chi connectivity index (χ0) is 95.2. The van der Waals surface area contributed by atoms with E-state index in [0.717, 1.165) is 25.7 Å². The van der Waals surface area contributed by atoms with E-state index in [4.69, 9.17) is 52.7 Å². The lowest BCUT2D eigenvalue weighted by atomic mass is 9.44. The molecule has 4 saturated carbocycles. The molecule has 8 rings (SSSR count). The third-order valence-corrected chi connectivity index (χ3v) is 27.7. The molecule has 62 nitrogen and oxygen atoms in total. The summed E-state index contributed by atoms with van der Waals surface area (Å²) in [4.78, 5) is 12.5. The van der Waals surface area contributed by atoms with Gasteiger partial charge in [-0.1, -0.05) is 26.7 Å². The van der Waals surface area contributed by atoms with Gasteiger partial charge in [-0.3, -0.25) is 64.0 Å². The topological polar surface area (TPSA) is 930 Å². The van der Waals surface area contributed by atoms with Crippen molar-refractivity contribution in [1.29, 1.82) is 0 Å². The summed E-state index contributed by atoms with van der Waals surface area (Å²) < 4.78 is 562. The van der Waals surface area contributed by atoms with Gasteiger partial charge < -0.3 is 43.2 Å². The van der Waals surface area contributed by atoms with E-state index >= 15 is 0 Å². The highest BCUT2D eigenvalue weighted by atomic mass is 32.3. The summed E-state index contributed by atoms with van der Waals surface area (Å²) in [5.74, 6) is 2.62. The summed E-state index contributed by atoms with van der Waals surface area (Å²) in [5.41, 5.74) is -0.661. The predicted molar refractivity (Wildman–Crippen MR) is 387 cm³/mol. The normalized spacial score (nSPS) is 36.5. The first kappa shape index (κ1) is 108. The molecule has 4 aliphatic heterocycles. The fourth-order valence-electron chi connectivity index (χ4n) is 17.6. The summed E-state index contributed by atoms with van der Waals surface area (Å²) in [5, 5.41) is 2.66. The highest BCUT2D eigenvalue weighted by Crippen LogP contribution is 2.69. The lowest BCUT2D eigenvalue weighted by molar-refractivity contribution is -0.380. The number of rotatable bonds is 43. The monoisotopic (exact) mass is 2100 g/mol. The van der Waals surface area contributed by atoms with Crippen LogP contribution in [-0.4, -0.2) is 336 Å². The molecule has 0 aromatic heterocycles. The lowest BCUT2D eigenvalue weighted by Gasteiger charge is -2.61. The molecule has 0 aromatic carbocycles. The molecule has 0 spiro atoms. The quantitative estimate of drug-likeness (QED) is 0.0154. The van der Waals surface area contributed by atoms with Crippen molar-refractivity contribution in [2.45, 2.75) is 220 Å². The van der Waals surface area contributed by atoms with Crippen LogP contribution in [0.1, 0.15) is 91.4 Å². The van der Waals surface area contributed by atoms with Gasteiger partial charge in [0.15, 0.2) is 49.6 Å². The number of terminal acetylenes is 1. The van der Waals surface area contributed by atoms with E-state index in [1.165, 1.54) is 0 Å². The smallest absolute Gasteiger partial charge is 0.347 e. The van der Waals surface area contributed by atoms with Crippen molar-refractivity contribution in [1.82, 2.24) is 5.32 Å². The molecule has 8 aliphatic rings. The van der Waals surface area contributed by atoms with Crippen molar-refractivity contribution in [3.63, 3.8) is 0 Å². The van der Waals surface area contributed by atoms with E-state index in [0.29, 0.717) is 19.3 Å². The Balaban J connectivity index is 1.24. The van der Waals surface area contributed by atoms with E-state index in [-0.39, 0.29) is 79.1 Å². The molecule has 0 unspecified atom stereocenters. The van der Waals surface area contributed by atoms with Gasteiger partial charge in [-0.05, 0) is 111 Å². The molecule has 0 aromatic rings. The molecule has 4 aliphatic carbocycles. The van der Waals surface area contributed by atoms with Gasteiger partial charge in [0, 0.05) is 6.42 Å². The minimum absolute atomic E-state index is 0.0200. The second-order valence-corrected chi connectivity index (χ2v) is 43.4. The van der Waals surface area contributed by atoms with Crippen molar-refractivity contribution < 1.29 is 266 Å². The summed E-state index contributed by atoms with van der Waals surface area (Å²) >= 11 is 0. The minimum atomic E-state index is -6.79. The van der Waals surface area contributed by atoms with E-state index in [2.05, 4.69) is 71.1 Å². The number of hydrogen-bond acceptors (Lipinski definition) is 48. The van der Waals surface area contributed by atoms with Gasteiger partial charge in [0.2, 0.25) is 5.91 Å². The molecule has 29 atom stereocenters. The molecule has 1 amide bonds. The third kappa shape index (κ3) is 32.1. The second kappa shape index (κ2) is 40.5. The average Bonchev–Trinajstić information content (AvgIpc) is 1.46. The number of carbonyl (C=O) groups is 1. The van der Waals surface area contributed by atoms with Crippen LogP contribution in [0.4, 0.5) is 0 Å². The van der Waals surface area contributed by atoms with Crippen LogP contribution in [0.2, 0.25) is 0 Å². The fourth-order valence-corrected chi connectivity index (χ4v) is 23.3. The van der Waals surface area contributed by atoms with Gasteiger partial charge in [-0.15, -0.1) is 6.42 Å². The Morgan fingerprint density at radius 1 is 0.365 bits per heavy atom. The van der Waals surface area contributed by atoms with E-state index in [9.17, 15) is 173 Å². The molecule has 736 valence electrons. The van der Waals surface area contributed by atoms with Gasteiger partial charge >= 0.3 is 135 Å². The Labute approximate surface area is 719 Å². The van der Waals surface area contributed by atoms with Crippen LogP contribution < -0.4 is 5.32 Å². The minimum Gasteiger partial charge on any atom is -0.347 e. The van der Waals surface area contributed by atoms with Crippen LogP contribution >= 0.6 is 0 Å². The van der Waals surface area contributed by atoms with E-state index in [1.807, 2.05) is 6.92 Å². The molecule has 14 N–H and O–H groups in total. The molecule has 75 heteroatoms. The first-order valence-electron chi connectivity index (χ1n) is 35.3. The highest BCUT2D eigenvalue weighted by molar-refractivity contribution is 7.83. The summed E-state index contributed by atoms with van der Waals surface area (Å²) in [6.45, 7) is -2.48. The van der Waals surface area contributed by atoms with Crippen LogP contribution in [-0.2, 0) is 232 Å². The predicted octanol–water partition coefficient (Wildman–Crippen LogP) is -5.78. The van der Waals surface area contributed by atoms with Crippen LogP contribution in [0.15, 0.2) is 0 Å². The average molecular weight is 2100 g/mol. The van der Waals surface area contributed by atoms with Crippen molar-refractivity contribution >= 4 is 141 Å². The van der Waals surface area contributed by atoms with Gasteiger partial charge in [-0.25, -0.2) is 54.4 Å². The number of nitrogens with one attached hydrogen (secondary N) is 1. The maximum atomic E-state index is 13.2. The van der Waals surface area contributed by atoms with Gasteiger partial charge in [0.25, 0.3) is 0 Å². The van der Waals surface area contributed by atoms with Crippen molar-refractivity contribution in [2.75, 3.05) is 33.0 Å². The Bertz CT molecular complexity index is 5510. The van der Waals surface area contributed by atoms with Crippen molar-refractivity contribution in [3.05, 3.63) is 0 Å². The second-order valence-electron chi connectivity index (χ2n) is 29.6. The number of hydrogen-bond donors (Lipinski definition) is 14. The van der Waals surface area contributed by atoms with Gasteiger partial charge in [0.05, 0.1) is 39.1 Å². The maximum absolute atomic E-state index is 13.2. The number of ether oxygens (including phenoxy) is 8. The van der Waals surface area contributed by atoms with Gasteiger partial charge in [0.1, 0.15) is 73.2 Å². The third-order valence-electron chi connectivity index (χ3n) is 21.8. The molecule has 126 heavy (non-hydrogen) atoms. The highest BCUT2D eigenvalue weighted by Gasteiger charge is 2.66. The zero-order valence-corrected chi connectivity index (χ0v) is 74.3. The Hall–Kier alpha value is -2.98. The molecular formula is C51H83NO61S13. The Kier molecular flexibility index (Phi) is 34.8. The lowest BCUT2D eigenvalue weighted by Crippen LogP contribution is -2.69. The Morgan fingerprint density at radius 2 is 0.651 bits per heavy atom. The molecule has 4 heterocycles. The standard InChI is InChI=1S/C51H83NO61S13/c1-5-16-52-33(53)11-6-22(2)26-9-10-27-25-8-7-23-17-24(12-14-50(23,3)28(25)13-15-51(26,27)4)97-46-42(110-123(81,82)83)38(106-119(69,70)71)34(29(98-46)18-93-114(54,55)56)102-47-43(111-124(84,85)86)39(107-120(72,73)74)35(30(99-47)19-94-115(57,58)59)103-48-44(112-125(87,88)89)40(108-121(75,76)77)36(31(100-48)20-95-116(60,61)62)104-49-45(113-126(90,91)92)41(109-122(78,79)80)37(105-118(66,67)68)32(101-49)21-96-117(63,64)65/h1,22-32,34-49H,6-21H2,2-4H3,(H,52,53)(H,54,55,56)(H,57,58,59)(H,60,61,62)(H,63,64,65)(H,66,67,68)(H,69,70,71)(H,72,73,74)(H,75,76,77)(H,78,79,80)(H,81,82,83)(H,84,85,86)(H,87,88,89)(H,90,91,92)/t22-,23-,24-,25+,26-,27+,28+,29-,30-,31-,32-,34-,35-,36-,37-,38+,39+,40+,41+,42-,43-,44-,45-,46-,47-,48-,49-,50+,51-/m1/s1. The SMILES string of the molecule is C#CCNC(=O)CC[C@@H](C)[C@H]1CC[C@H]2[C@@H]3CC[C@@H]4C[C@H](O[C@@H]5O[C@H](COS(=O)(=O)O)[C@@H](O[C@H]6O[C@H](COS(=O)(=O)O)[C@@H](O[C@H]7O[C@H](COS(=O)(=O)O)[C@@H](O[C@H]8O[C@H](COS(=O)(=O)O)[C@@H](OS(=O)(=O)O)[C@H](OS(=O)(=O)O)[C@H]8OS(=O)(=O)O)[C@H](OS(=O)(=O)O)[C@H]7OS(=O)(=O)O)[C@H](OS(=O)(=O)O)[C@H]6OS(=O)(=O)O)[C@H](OS(=O)(=O)O)[C@H]5OS(=O)(=O)O)CC[C@]4(C)[C@H]3CC[C@]12C. The van der Waals surface area contributed by atoms with Crippen LogP contribution in [0.25, 0.3) is 0 Å². The molecule has 4 saturated heterocycles. The fraction of sp³-hybridized carbons (Fsp3) is 0.941. The number of amides is 1. The summed E-state index contributed by atoms with van der Waals surface area (Å²) in [7, 11) is -83.7. The van der Waals surface area contributed by atoms with Gasteiger partial charge in [-0.2, -0.15) is 109 Å². The molecule has 8 fully saturated rings. The zero-order valence-electron chi connectivity index (χ0n) is 63.7. The summed E-state index contributed by atoms with van der Waals surface area (Å²) in [6, 6.07) is 0. The molecule has 0 radical (unpaired) electrons. The first-order valence-corrected chi connectivity index (χ1v) is 53.1. The van der Waals surface area contributed by atoms with Crippen LogP contribution in [0.3, 0.4) is 0 Å². The Morgan fingerprint density at radius 3 is 0.968 bits per heavy atom. The first-order chi connectivity index (χ1) is 57.0. The molecular weight excluding hydrogens is 2020 g/mol. The van der Waals surface area contributed by atoms with Crippen LogP contribution in [0, 0.1) is 58.7 Å². The van der Waals surface area contributed by atoms with Crippen LogP contribution in [0.5, 0.6) is 0 Å².